The number of carbonyl (C=O) groups is 1. The van der Waals surface area contributed by atoms with Gasteiger partial charge in [-0.15, -0.1) is 0 Å². The van der Waals surface area contributed by atoms with Crippen molar-refractivity contribution < 1.29 is 9.90 Å². The van der Waals surface area contributed by atoms with Crippen molar-refractivity contribution in [3.05, 3.63) is 35.5 Å². The van der Waals surface area contributed by atoms with E-state index in [9.17, 15) is 9.90 Å². The summed E-state index contributed by atoms with van der Waals surface area (Å²) in [7, 11) is 0. The number of H-pyrrole nitrogens is 1. The number of nitrogens with one attached hydrogen (secondary N) is 2. The van der Waals surface area contributed by atoms with Crippen LogP contribution in [0.2, 0.25) is 0 Å². The molecule has 1 heterocycles. The van der Waals surface area contributed by atoms with Crippen LogP contribution in [-0.4, -0.2) is 28.6 Å². The van der Waals surface area contributed by atoms with Crippen molar-refractivity contribution in [3.63, 3.8) is 0 Å². The van der Waals surface area contributed by atoms with Crippen molar-refractivity contribution in [3.8, 4) is 0 Å². The number of para-hydroxylation sites is 1. The zero-order chi connectivity index (χ0) is 13.8. The van der Waals surface area contributed by atoms with Gasteiger partial charge in [0.25, 0.3) is 5.91 Å². The van der Waals surface area contributed by atoms with Crippen LogP contribution in [-0.2, 0) is 0 Å². The second-order valence-electron chi connectivity index (χ2n) is 4.78. The van der Waals surface area contributed by atoms with E-state index < -0.39 is 0 Å². The average Bonchev–Trinajstić information content (AvgIpc) is 2.74. The lowest BCUT2D eigenvalue weighted by atomic mass is 10.1. The van der Waals surface area contributed by atoms with Crippen LogP contribution in [0.3, 0.4) is 0 Å². The Balaban J connectivity index is 2.11. The topological polar surface area (TPSA) is 65.1 Å². The molecule has 0 fully saturated rings. The number of aryl methyl sites for hydroxylation is 1. The molecule has 1 aromatic carbocycles. The number of hydrogen-bond donors (Lipinski definition) is 3. The van der Waals surface area contributed by atoms with Gasteiger partial charge in [-0.05, 0) is 25.8 Å². The average molecular weight is 260 g/mol. The van der Waals surface area contributed by atoms with Gasteiger partial charge in [0.2, 0.25) is 0 Å². The van der Waals surface area contributed by atoms with Crippen LogP contribution in [0.1, 0.15) is 35.8 Å². The van der Waals surface area contributed by atoms with Crippen LogP contribution in [0.5, 0.6) is 0 Å². The first kappa shape index (κ1) is 13.6. The van der Waals surface area contributed by atoms with Gasteiger partial charge < -0.3 is 15.4 Å². The van der Waals surface area contributed by atoms with Crippen LogP contribution in [0, 0.1) is 6.92 Å². The molecule has 2 rings (SSSR count). The third kappa shape index (κ3) is 2.96. The predicted molar refractivity (Wildman–Crippen MR) is 76.3 cm³/mol. The highest BCUT2D eigenvalue weighted by atomic mass is 16.3. The summed E-state index contributed by atoms with van der Waals surface area (Å²) in [5, 5.41) is 13.3. The molecule has 1 atom stereocenters. The van der Waals surface area contributed by atoms with E-state index in [0.717, 1.165) is 16.6 Å². The summed E-state index contributed by atoms with van der Waals surface area (Å²) in [6, 6.07) is 7.76. The lowest BCUT2D eigenvalue weighted by molar-refractivity contribution is 0.0943. The van der Waals surface area contributed by atoms with Crippen LogP contribution in [0.4, 0.5) is 0 Å². The highest BCUT2D eigenvalue weighted by Gasteiger charge is 2.15. The predicted octanol–water partition coefficient (Wildman–Crippen LogP) is 2.37. The summed E-state index contributed by atoms with van der Waals surface area (Å²) in [5.74, 6) is -0.0850. The molecule has 4 heteroatoms. The molecule has 2 aromatic rings. The van der Waals surface area contributed by atoms with E-state index in [2.05, 4.69) is 10.3 Å². The lowest BCUT2D eigenvalue weighted by Crippen LogP contribution is -2.27. The summed E-state index contributed by atoms with van der Waals surface area (Å²) < 4.78 is 0. The van der Waals surface area contributed by atoms with Gasteiger partial charge in [0.05, 0.1) is 11.7 Å². The molecule has 0 saturated carbocycles. The number of aromatic nitrogens is 1. The molecule has 4 nitrogen and oxygen atoms in total. The number of aromatic amines is 1. The maximum atomic E-state index is 12.2. The SMILES string of the molecule is CCC(O)CCNC(=O)c1c(C)[nH]c2ccccc12. The quantitative estimate of drug-likeness (QED) is 0.772. The normalized spacial score (nSPS) is 12.6. The summed E-state index contributed by atoms with van der Waals surface area (Å²) in [6.45, 7) is 4.32. The summed E-state index contributed by atoms with van der Waals surface area (Å²) in [6.07, 6.45) is 0.954. The molecule has 0 aliphatic rings. The second kappa shape index (κ2) is 5.89. The smallest absolute Gasteiger partial charge is 0.253 e. The fourth-order valence-electron chi connectivity index (χ4n) is 2.21. The minimum atomic E-state index is -0.343. The van der Waals surface area contributed by atoms with E-state index in [1.807, 2.05) is 38.1 Å². The van der Waals surface area contributed by atoms with Gasteiger partial charge in [0.1, 0.15) is 0 Å². The Hall–Kier alpha value is -1.81. The fraction of sp³-hybridized carbons (Fsp3) is 0.400. The third-order valence-corrected chi connectivity index (χ3v) is 3.36. The highest BCUT2D eigenvalue weighted by molar-refractivity contribution is 6.08. The van der Waals surface area contributed by atoms with Crippen molar-refractivity contribution >= 4 is 16.8 Å². The van der Waals surface area contributed by atoms with Crippen LogP contribution in [0.15, 0.2) is 24.3 Å². The van der Waals surface area contributed by atoms with E-state index in [1.54, 1.807) is 0 Å². The largest absolute Gasteiger partial charge is 0.393 e. The minimum Gasteiger partial charge on any atom is -0.393 e. The number of hydrogen-bond acceptors (Lipinski definition) is 2. The molecule has 0 spiro atoms. The van der Waals surface area contributed by atoms with Crippen molar-refractivity contribution in [2.45, 2.75) is 32.8 Å². The number of carbonyl (C=O) groups excluding carboxylic acids is 1. The van der Waals surface area contributed by atoms with E-state index in [4.69, 9.17) is 0 Å². The summed E-state index contributed by atoms with van der Waals surface area (Å²) in [4.78, 5) is 15.4. The Morgan fingerprint density at radius 3 is 2.89 bits per heavy atom. The maximum Gasteiger partial charge on any atom is 0.253 e. The molecule has 1 unspecified atom stereocenters. The monoisotopic (exact) mass is 260 g/mol. The summed E-state index contributed by atoms with van der Waals surface area (Å²) >= 11 is 0. The first-order chi connectivity index (χ1) is 9.13. The van der Waals surface area contributed by atoms with Gasteiger partial charge in [0, 0.05) is 23.1 Å². The second-order valence-corrected chi connectivity index (χ2v) is 4.78. The number of aliphatic hydroxyl groups is 1. The van der Waals surface area contributed by atoms with E-state index >= 15 is 0 Å². The maximum absolute atomic E-state index is 12.2. The van der Waals surface area contributed by atoms with Gasteiger partial charge in [-0.2, -0.15) is 0 Å². The molecule has 0 saturated heterocycles. The van der Waals surface area contributed by atoms with Crippen LogP contribution < -0.4 is 5.32 Å². The standard InChI is InChI=1S/C15H20N2O2/c1-3-11(18)8-9-16-15(19)14-10(2)17-13-7-5-4-6-12(13)14/h4-7,11,17-18H,3,8-9H2,1-2H3,(H,16,19). The Morgan fingerprint density at radius 1 is 1.42 bits per heavy atom. The van der Waals surface area contributed by atoms with Gasteiger partial charge >= 0.3 is 0 Å². The van der Waals surface area contributed by atoms with Crippen LogP contribution >= 0.6 is 0 Å². The summed E-state index contributed by atoms with van der Waals surface area (Å²) in [5.41, 5.74) is 2.54. The number of aliphatic hydroxyl groups excluding tert-OH is 1. The molecule has 102 valence electrons. The van der Waals surface area contributed by atoms with Crippen molar-refractivity contribution in [1.29, 1.82) is 0 Å². The number of benzene rings is 1. The van der Waals surface area contributed by atoms with E-state index in [0.29, 0.717) is 24.9 Å². The Bertz CT molecular complexity index is 575. The van der Waals surface area contributed by atoms with Gasteiger partial charge in [0.15, 0.2) is 0 Å². The first-order valence-electron chi connectivity index (χ1n) is 6.67. The zero-order valence-electron chi connectivity index (χ0n) is 11.4. The molecule has 1 amide bonds. The molecule has 19 heavy (non-hydrogen) atoms. The first-order valence-corrected chi connectivity index (χ1v) is 6.67. The molecular formula is C15H20N2O2. The van der Waals surface area contributed by atoms with Gasteiger partial charge in [-0.1, -0.05) is 25.1 Å². The highest BCUT2D eigenvalue weighted by Crippen LogP contribution is 2.21. The molecular weight excluding hydrogens is 240 g/mol. The van der Waals surface area contributed by atoms with Gasteiger partial charge in [-0.25, -0.2) is 0 Å². The number of fused-ring (bicyclic) bond motifs is 1. The van der Waals surface area contributed by atoms with Crippen LogP contribution in [0.25, 0.3) is 10.9 Å². The van der Waals surface area contributed by atoms with Crippen molar-refractivity contribution in [1.82, 2.24) is 10.3 Å². The molecule has 0 bridgehead atoms. The van der Waals surface area contributed by atoms with Crippen molar-refractivity contribution in [2.24, 2.45) is 0 Å². The number of amides is 1. The minimum absolute atomic E-state index is 0.0850. The Morgan fingerprint density at radius 2 is 2.16 bits per heavy atom. The molecule has 0 aliphatic heterocycles. The van der Waals surface area contributed by atoms with Gasteiger partial charge in [-0.3, -0.25) is 4.79 Å². The number of rotatable bonds is 5. The molecule has 0 radical (unpaired) electrons. The molecule has 3 N–H and O–H groups in total. The lowest BCUT2D eigenvalue weighted by Gasteiger charge is -2.09. The Kier molecular flexibility index (Phi) is 4.22. The Labute approximate surface area is 112 Å². The fourth-order valence-corrected chi connectivity index (χ4v) is 2.21. The third-order valence-electron chi connectivity index (χ3n) is 3.36. The van der Waals surface area contributed by atoms with E-state index in [1.165, 1.54) is 0 Å². The molecule has 0 aliphatic carbocycles. The van der Waals surface area contributed by atoms with E-state index in [-0.39, 0.29) is 12.0 Å². The molecule has 1 aromatic heterocycles. The van der Waals surface area contributed by atoms with Crippen molar-refractivity contribution in [2.75, 3.05) is 6.54 Å². The zero-order valence-corrected chi connectivity index (χ0v) is 11.4.